The van der Waals surface area contributed by atoms with Crippen molar-refractivity contribution >= 4 is 21.6 Å². The lowest BCUT2D eigenvalue weighted by Crippen LogP contribution is -2.47. The van der Waals surface area contributed by atoms with Crippen molar-refractivity contribution in [2.75, 3.05) is 11.9 Å². The molecule has 26 heavy (non-hydrogen) atoms. The van der Waals surface area contributed by atoms with Crippen LogP contribution in [-0.2, 0) is 10.8 Å². The molecule has 2 bridgehead atoms. The van der Waals surface area contributed by atoms with E-state index in [-0.39, 0.29) is 10.8 Å². The molecular weight excluding hydrogens is 392 g/mol. The van der Waals surface area contributed by atoms with Crippen LogP contribution in [0, 0.1) is 5.41 Å². The van der Waals surface area contributed by atoms with E-state index in [1.165, 1.54) is 19.3 Å². The van der Waals surface area contributed by atoms with Gasteiger partial charge in [-0.05, 0) is 65.9 Å². The Bertz CT molecular complexity index is 771. The van der Waals surface area contributed by atoms with Crippen LogP contribution in [0.4, 0.5) is 5.69 Å². The van der Waals surface area contributed by atoms with Crippen molar-refractivity contribution in [2.45, 2.75) is 70.1 Å². The number of anilines is 1. The molecule has 0 spiro atoms. The van der Waals surface area contributed by atoms with Crippen molar-refractivity contribution in [1.82, 2.24) is 15.1 Å². The summed E-state index contributed by atoms with van der Waals surface area (Å²) in [4.78, 5) is 9.03. The maximum Gasteiger partial charge on any atom is 0.232 e. The standard InChI is InChI=1S/C20H27BrN4O/c1-18(2,3)17-24-16(25-26-17)20-7-4-19(5-8-20,6-9-20)13-23-15-10-14(21)11-22-12-15/h10-12,23H,4-9,13H2,1-3H3. The average Bonchev–Trinajstić information content (AvgIpc) is 3.13. The van der Waals surface area contributed by atoms with E-state index in [9.17, 15) is 0 Å². The highest BCUT2D eigenvalue weighted by Crippen LogP contribution is 2.57. The normalized spacial score (nSPS) is 28.3. The number of nitrogens with one attached hydrogen (secondary N) is 1. The third-order valence-electron chi connectivity index (χ3n) is 6.32. The van der Waals surface area contributed by atoms with Crippen LogP contribution in [0.2, 0.25) is 0 Å². The van der Waals surface area contributed by atoms with Crippen molar-refractivity contribution in [3.8, 4) is 0 Å². The molecule has 3 fully saturated rings. The number of nitrogens with zero attached hydrogens (tertiary/aromatic N) is 3. The van der Waals surface area contributed by atoms with Gasteiger partial charge in [0, 0.05) is 28.0 Å². The van der Waals surface area contributed by atoms with E-state index in [1.54, 1.807) is 0 Å². The van der Waals surface area contributed by atoms with Crippen LogP contribution in [0.25, 0.3) is 0 Å². The summed E-state index contributed by atoms with van der Waals surface area (Å²) in [5.41, 5.74) is 1.52. The molecule has 2 heterocycles. The van der Waals surface area contributed by atoms with Crippen LogP contribution in [0.5, 0.6) is 0 Å². The van der Waals surface area contributed by atoms with Gasteiger partial charge in [-0.1, -0.05) is 25.9 Å². The molecule has 3 saturated carbocycles. The molecule has 2 aromatic heterocycles. The van der Waals surface area contributed by atoms with Crippen molar-refractivity contribution in [1.29, 1.82) is 0 Å². The zero-order valence-electron chi connectivity index (χ0n) is 15.8. The first-order valence-electron chi connectivity index (χ1n) is 9.50. The largest absolute Gasteiger partial charge is 0.383 e. The molecule has 0 saturated heterocycles. The van der Waals surface area contributed by atoms with Crippen LogP contribution >= 0.6 is 15.9 Å². The minimum Gasteiger partial charge on any atom is -0.383 e. The molecule has 5 nitrogen and oxygen atoms in total. The van der Waals surface area contributed by atoms with Gasteiger partial charge in [-0.2, -0.15) is 4.98 Å². The number of rotatable bonds is 4. The summed E-state index contributed by atoms with van der Waals surface area (Å²) in [5.74, 6) is 1.70. The molecule has 0 aromatic carbocycles. The molecular formula is C20H27BrN4O. The van der Waals surface area contributed by atoms with Gasteiger partial charge in [-0.15, -0.1) is 0 Å². The molecule has 140 valence electrons. The molecule has 0 atom stereocenters. The van der Waals surface area contributed by atoms with Crippen LogP contribution < -0.4 is 5.32 Å². The molecule has 0 amide bonds. The molecule has 0 radical (unpaired) electrons. The first-order chi connectivity index (χ1) is 12.3. The Morgan fingerprint density at radius 1 is 1.12 bits per heavy atom. The van der Waals surface area contributed by atoms with E-state index >= 15 is 0 Å². The van der Waals surface area contributed by atoms with Gasteiger partial charge in [0.2, 0.25) is 5.89 Å². The van der Waals surface area contributed by atoms with E-state index in [4.69, 9.17) is 9.51 Å². The topological polar surface area (TPSA) is 63.8 Å². The van der Waals surface area contributed by atoms with Crippen LogP contribution in [0.15, 0.2) is 27.5 Å². The smallest absolute Gasteiger partial charge is 0.232 e. The second-order valence-corrected chi connectivity index (χ2v) is 10.1. The summed E-state index contributed by atoms with van der Waals surface area (Å²) in [6, 6.07) is 2.09. The predicted molar refractivity (Wildman–Crippen MR) is 105 cm³/mol. The number of fused-ring (bicyclic) bond motifs is 3. The molecule has 2 aromatic rings. The van der Waals surface area contributed by atoms with E-state index < -0.39 is 0 Å². The number of hydrogen-bond acceptors (Lipinski definition) is 5. The van der Waals surface area contributed by atoms with Gasteiger partial charge in [-0.3, -0.25) is 4.98 Å². The van der Waals surface area contributed by atoms with E-state index in [2.05, 4.69) is 58.2 Å². The van der Waals surface area contributed by atoms with Crippen molar-refractivity contribution in [3.05, 3.63) is 34.6 Å². The Balaban J connectivity index is 1.44. The van der Waals surface area contributed by atoms with E-state index in [1.807, 2.05) is 12.4 Å². The number of hydrogen-bond donors (Lipinski definition) is 1. The first-order valence-corrected chi connectivity index (χ1v) is 10.3. The SMILES string of the molecule is CC(C)(C)c1nc(C23CCC(CNc4cncc(Br)c4)(CC2)CC3)no1. The van der Waals surface area contributed by atoms with Crippen molar-refractivity contribution < 1.29 is 4.52 Å². The highest BCUT2D eigenvalue weighted by Gasteiger charge is 2.51. The summed E-state index contributed by atoms with van der Waals surface area (Å²) in [5, 5.41) is 7.99. The highest BCUT2D eigenvalue weighted by molar-refractivity contribution is 9.10. The van der Waals surface area contributed by atoms with Gasteiger partial charge >= 0.3 is 0 Å². The van der Waals surface area contributed by atoms with Crippen molar-refractivity contribution in [2.24, 2.45) is 5.41 Å². The lowest BCUT2D eigenvalue weighted by Gasteiger charge is -2.52. The number of halogens is 1. The van der Waals surface area contributed by atoms with Gasteiger partial charge in [0.25, 0.3) is 0 Å². The van der Waals surface area contributed by atoms with Crippen LogP contribution in [0.1, 0.15) is 71.0 Å². The zero-order valence-corrected chi connectivity index (χ0v) is 17.4. The Kier molecular flexibility index (Phi) is 4.37. The van der Waals surface area contributed by atoms with Crippen LogP contribution in [-0.4, -0.2) is 21.7 Å². The van der Waals surface area contributed by atoms with Gasteiger partial charge < -0.3 is 9.84 Å². The Hall–Kier alpha value is -1.43. The molecule has 3 aliphatic carbocycles. The summed E-state index contributed by atoms with van der Waals surface area (Å²) < 4.78 is 6.60. The first kappa shape index (κ1) is 18.0. The molecule has 0 aliphatic heterocycles. The summed E-state index contributed by atoms with van der Waals surface area (Å²) in [6.07, 6.45) is 10.9. The van der Waals surface area contributed by atoms with Gasteiger partial charge in [-0.25, -0.2) is 0 Å². The van der Waals surface area contributed by atoms with Crippen LogP contribution in [0.3, 0.4) is 0 Å². The zero-order chi connectivity index (χ0) is 18.4. The Morgan fingerprint density at radius 2 is 1.81 bits per heavy atom. The van der Waals surface area contributed by atoms with Gasteiger partial charge in [0.15, 0.2) is 5.82 Å². The lowest BCUT2D eigenvalue weighted by molar-refractivity contribution is 0.0445. The summed E-state index contributed by atoms with van der Waals surface area (Å²) in [7, 11) is 0. The average molecular weight is 419 g/mol. The monoisotopic (exact) mass is 418 g/mol. The maximum atomic E-state index is 5.58. The molecule has 6 heteroatoms. The predicted octanol–water partition coefficient (Wildman–Crippen LogP) is 5.23. The number of aromatic nitrogens is 3. The lowest BCUT2D eigenvalue weighted by atomic mass is 9.53. The maximum absolute atomic E-state index is 5.58. The fourth-order valence-corrected chi connectivity index (χ4v) is 4.77. The summed E-state index contributed by atoms with van der Waals surface area (Å²) in [6.45, 7) is 7.38. The number of pyridine rings is 1. The minimum atomic E-state index is -0.0864. The van der Waals surface area contributed by atoms with Gasteiger partial charge in [0.05, 0.1) is 11.9 Å². The molecule has 1 N–H and O–H groups in total. The molecule has 3 aliphatic rings. The third-order valence-corrected chi connectivity index (χ3v) is 6.75. The molecule has 5 rings (SSSR count). The third kappa shape index (κ3) is 3.28. The fourth-order valence-electron chi connectivity index (χ4n) is 4.41. The van der Waals surface area contributed by atoms with Crippen molar-refractivity contribution in [3.63, 3.8) is 0 Å². The van der Waals surface area contributed by atoms with E-state index in [0.29, 0.717) is 5.41 Å². The minimum absolute atomic E-state index is 0.0864. The Labute approximate surface area is 163 Å². The van der Waals surface area contributed by atoms with E-state index in [0.717, 1.165) is 47.7 Å². The van der Waals surface area contributed by atoms with Gasteiger partial charge in [0.1, 0.15) is 0 Å². The second kappa shape index (κ2) is 6.32. The second-order valence-electron chi connectivity index (χ2n) is 9.20. The highest BCUT2D eigenvalue weighted by atomic mass is 79.9. The fraction of sp³-hybridized carbons (Fsp3) is 0.650. The molecule has 0 unspecified atom stereocenters. The quantitative estimate of drug-likeness (QED) is 0.735. The summed E-state index contributed by atoms with van der Waals surface area (Å²) >= 11 is 3.49. The Morgan fingerprint density at radius 3 is 2.38 bits per heavy atom.